The third-order valence-electron chi connectivity index (χ3n) is 6.58. The van der Waals surface area contributed by atoms with Crippen LogP contribution in [0.2, 0.25) is 0 Å². The van der Waals surface area contributed by atoms with Crippen molar-refractivity contribution in [3.05, 3.63) is 64.5 Å². The molecule has 2 aromatic carbocycles. The van der Waals surface area contributed by atoms with Gasteiger partial charge in [0.05, 0.1) is 17.6 Å². The Kier molecular flexibility index (Phi) is 5.39. The molecule has 5 nitrogen and oxygen atoms in total. The second-order valence-electron chi connectivity index (χ2n) is 8.42. The fraction of sp³-hybridized carbons (Fsp3) is 0.280. The SMILES string of the molecule is COc1ccc(-c2sc(C(=O)N3[C@@H]4CC[C@H]3[C@H](N)C4)cc2-c2ccc(C#N)c(F)c2)cc1F. The number of methoxy groups -OCH3 is 1. The van der Waals surface area contributed by atoms with Crippen molar-refractivity contribution in [2.24, 2.45) is 5.73 Å². The summed E-state index contributed by atoms with van der Waals surface area (Å²) in [5.74, 6) is -1.17. The molecule has 3 atom stereocenters. The van der Waals surface area contributed by atoms with E-state index in [-0.39, 0.29) is 35.3 Å². The molecule has 2 aliphatic rings. The van der Waals surface area contributed by atoms with Crippen LogP contribution in [0, 0.1) is 23.0 Å². The van der Waals surface area contributed by atoms with Crippen molar-refractivity contribution in [1.29, 1.82) is 5.26 Å². The molecule has 8 heteroatoms. The van der Waals surface area contributed by atoms with Crippen LogP contribution in [-0.4, -0.2) is 36.0 Å². The van der Waals surface area contributed by atoms with Crippen molar-refractivity contribution in [2.75, 3.05) is 7.11 Å². The maximum atomic E-state index is 14.5. The molecule has 1 aromatic heterocycles. The van der Waals surface area contributed by atoms with E-state index in [1.807, 2.05) is 11.0 Å². The van der Waals surface area contributed by atoms with Gasteiger partial charge < -0.3 is 15.4 Å². The van der Waals surface area contributed by atoms with E-state index in [0.29, 0.717) is 26.4 Å². The lowest BCUT2D eigenvalue weighted by Crippen LogP contribution is -2.40. The van der Waals surface area contributed by atoms with Crippen molar-refractivity contribution in [3.8, 4) is 33.4 Å². The van der Waals surface area contributed by atoms with E-state index in [2.05, 4.69) is 0 Å². The Morgan fingerprint density at radius 3 is 2.52 bits per heavy atom. The number of nitrogens with two attached hydrogens (primary N) is 1. The van der Waals surface area contributed by atoms with Gasteiger partial charge in [-0.05, 0) is 66.8 Å². The Labute approximate surface area is 194 Å². The first-order chi connectivity index (χ1) is 15.9. The average Bonchev–Trinajstić information content (AvgIpc) is 3.51. The summed E-state index contributed by atoms with van der Waals surface area (Å²) in [6, 6.07) is 12.6. The quantitative estimate of drug-likeness (QED) is 0.592. The zero-order valence-corrected chi connectivity index (χ0v) is 18.7. The second kappa shape index (κ2) is 8.25. The molecule has 2 N–H and O–H groups in total. The Morgan fingerprint density at radius 2 is 1.91 bits per heavy atom. The highest BCUT2D eigenvalue weighted by Gasteiger charge is 2.47. The number of amides is 1. The maximum Gasteiger partial charge on any atom is 0.264 e. The molecule has 2 saturated heterocycles. The topological polar surface area (TPSA) is 79.3 Å². The number of nitriles is 1. The molecule has 168 valence electrons. The molecule has 5 rings (SSSR count). The first-order valence-electron chi connectivity index (χ1n) is 10.7. The number of benzene rings is 2. The number of nitrogens with zero attached hydrogens (tertiary/aromatic N) is 2. The van der Waals surface area contributed by atoms with Gasteiger partial charge in [0.1, 0.15) is 11.9 Å². The van der Waals surface area contributed by atoms with E-state index in [1.54, 1.807) is 18.2 Å². The first-order valence-corrected chi connectivity index (χ1v) is 11.5. The second-order valence-corrected chi connectivity index (χ2v) is 9.47. The largest absolute Gasteiger partial charge is 0.494 e. The van der Waals surface area contributed by atoms with Crippen LogP contribution in [0.3, 0.4) is 0 Å². The number of fused-ring (bicyclic) bond motifs is 2. The van der Waals surface area contributed by atoms with E-state index in [1.165, 1.54) is 42.7 Å². The van der Waals surface area contributed by atoms with Crippen molar-refractivity contribution in [2.45, 2.75) is 37.4 Å². The number of rotatable bonds is 4. The van der Waals surface area contributed by atoms with Gasteiger partial charge in [-0.2, -0.15) is 5.26 Å². The molecule has 2 aliphatic heterocycles. The summed E-state index contributed by atoms with van der Waals surface area (Å²) in [6.45, 7) is 0. The zero-order valence-electron chi connectivity index (χ0n) is 17.8. The molecule has 2 bridgehead atoms. The van der Waals surface area contributed by atoms with Crippen molar-refractivity contribution in [1.82, 2.24) is 4.90 Å². The Hall–Kier alpha value is -3.28. The van der Waals surface area contributed by atoms with Crippen LogP contribution in [0.5, 0.6) is 5.75 Å². The predicted octanol–water partition coefficient (Wildman–Crippen LogP) is 4.94. The third-order valence-corrected chi connectivity index (χ3v) is 7.75. The van der Waals surface area contributed by atoms with Gasteiger partial charge in [-0.1, -0.05) is 6.07 Å². The normalized spacial score (nSPS) is 21.3. The number of halogens is 2. The van der Waals surface area contributed by atoms with Gasteiger partial charge in [0.25, 0.3) is 5.91 Å². The highest BCUT2D eigenvalue weighted by Crippen LogP contribution is 2.44. The standard InChI is InChI=1S/C25H21F2N3O2S/c1-32-22-7-4-14(9-19(22)27)24-17(13-2-3-15(12-28)18(26)8-13)11-23(33-24)25(31)30-16-5-6-21(30)20(29)10-16/h2-4,7-9,11,16,20-21H,5-6,10,29H2,1H3/t16-,20-,21+/m1/s1. The summed E-state index contributed by atoms with van der Waals surface area (Å²) in [5.41, 5.74) is 7.82. The van der Waals surface area contributed by atoms with Gasteiger partial charge >= 0.3 is 0 Å². The van der Waals surface area contributed by atoms with Gasteiger partial charge in [-0.25, -0.2) is 8.78 Å². The van der Waals surface area contributed by atoms with Crippen LogP contribution in [0.25, 0.3) is 21.6 Å². The number of hydrogen-bond donors (Lipinski definition) is 1. The maximum absolute atomic E-state index is 14.5. The van der Waals surface area contributed by atoms with Gasteiger partial charge in [0.2, 0.25) is 0 Å². The smallest absolute Gasteiger partial charge is 0.264 e. The molecule has 0 spiro atoms. The van der Waals surface area contributed by atoms with Gasteiger partial charge in [0, 0.05) is 28.6 Å². The summed E-state index contributed by atoms with van der Waals surface area (Å²) < 4.78 is 33.9. The Balaban J connectivity index is 1.62. The van der Waals surface area contributed by atoms with Crippen LogP contribution in [0.4, 0.5) is 8.78 Å². The van der Waals surface area contributed by atoms with E-state index in [4.69, 9.17) is 15.7 Å². The zero-order chi connectivity index (χ0) is 23.3. The monoisotopic (exact) mass is 465 g/mol. The van der Waals surface area contributed by atoms with Crippen LogP contribution in [-0.2, 0) is 0 Å². The number of hydrogen-bond acceptors (Lipinski definition) is 5. The molecule has 2 fully saturated rings. The molecule has 0 unspecified atom stereocenters. The van der Waals surface area contributed by atoms with Crippen molar-refractivity contribution >= 4 is 17.2 Å². The van der Waals surface area contributed by atoms with Gasteiger partial charge in [0.15, 0.2) is 11.6 Å². The van der Waals surface area contributed by atoms with Gasteiger partial charge in [-0.3, -0.25) is 4.79 Å². The van der Waals surface area contributed by atoms with Crippen LogP contribution >= 0.6 is 11.3 Å². The molecular formula is C25H21F2N3O2S. The fourth-order valence-corrected chi connectivity index (χ4v) is 6.11. The molecular weight excluding hydrogens is 444 g/mol. The Morgan fingerprint density at radius 1 is 1.15 bits per heavy atom. The number of thiophene rings is 1. The van der Waals surface area contributed by atoms with E-state index in [0.717, 1.165) is 19.3 Å². The third kappa shape index (κ3) is 3.58. The summed E-state index contributed by atoms with van der Waals surface area (Å²) in [6.07, 6.45) is 2.64. The first kappa shape index (κ1) is 21.6. The Bertz CT molecular complexity index is 1300. The molecule has 3 aromatic rings. The van der Waals surface area contributed by atoms with E-state index in [9.17, 15) is 13.6 Å². The minimum atomic E-state index is -0.649. The lowest BCUT2D eigenvalue weighted by molar-refractivity contribution is 0.0731. The number of carbonyl (C=O) groups is 1. The molecule has 0 saturated carbocycles. The number of carbonyl (C=O) groups excluding carboxylic acids is 1. The lowest BCUT2D eigenvalue weighted by atomic mass is 9.97. The highest BCUT2D eigenvalue weighted by molar-refractivity contribution is 7.18. The summed E-state index contributed by atoms with van der Waals surface area (Å²) >= 11 is 1.25. The summed E-state index contributed by atoms with van der Waals surface area (Å²) in [5, 5.41) is 9.07. The fourth-order valence-electron chi connectivity index (χ4n) is 4.99. The minimum absolute atomic E-state index is 0.0186. The molecule has 1 amide bonds. The molecule has 33 heavy (non-hydrogen) atoms. The lowest BCUT2D eigenvalue weighted by Gasteiger charge is -2.22. The predicted molar refractivity (Wildman–Crippen MR) is 122 cm³/mol. The number of ether oxygens (including phenoxy) is 1. The molecule has 0 radical (unpaired) electrons. The summed E-state index contributed by atoms with van der Waals surface area (Å²) in [7, 11) is 1.39. The molecule has 0 aliphatic carbocycles. The van der Waals surface area contributed by atoms with Crippen LogP contribution < -0.4 is 10.5 Å². The summed E-state index contributed by atoms with van der Waals surface area (Å²) in [4.78, 5) is 16.5. The van der Waals surface area contributed by atoms with Crippen molar-refractivity contribution < 1.29 is 18.3 Å². The van der Waals surface area contributed by atoms with Gasteiger partial charge in [-0.15, -0.1) is 11.3 Å². The minimum Gasteiger partial charge on any atom is -0.494 e. The van der Waals surface area contributed by atoms with E-state index >= 15 is 0 Å². The van der Waals surface area contributed by atoms with Crippen LogP contribution in [0.1, 0.15) is 34.5 Å². The van der Waals surface area contributed by atoms with Crippen LogP contribution in [0.15, 0.2) is 42.5 Å². The van der Waals surface area contributed by atoms with E-state index < -0.39 is 11.6 Å². The highest BCUT2D eigenvalue weighted by atomic mass is 32.1. The molecule has 3 heterocycles. The van der Waals surface area contributed by atoms with Crippen molar-refractivity contribution in [3.63, 3.8) is 0 Å². The average molecular weight is 466 g/mol.